The minimum Gasteiger partial charge on any atom is -0.396 e. The molecule has 0 spiro atoms. The maximum Gasteiger partial charge on any atom is 0.128 e. The Morgan fingerprint density at radius 1 is 1.50 bits per heavy atom. The highest BCUT2D eigenvalue weighted by molar-refractivity contribution is 7.10. The number of aromatic nitrogens is 2. The van der Waals surface area contributed by atoms with Crippen LogP contribution in [0.15, 0.2) is 29.9 Å². The Hall–Kier alpha value is -1.17. The Bertz CT molecular complexity index is 463. The summed E-state index contributed by atoms with van der Waals surface area (Å²) in [5.74, 6) is 1.56. The van der Waals surface area contributed by atoms with Crippen molar-refractivity contribution in [2.24, 2.45) is 5.92 Å². The molecule has 2 heterocycles. The maximum absolute atomic E-state index is 9.20. The molecular formula is C15H21N3OS. The largest absolute Gasteiger partial charge is 0.396 e. The first-order valence-electron chi connectivity index (χ1n) is 7.28. The number of nitrogens with zero attached hydrogens (tertiary/aromatic N) is 1. The van der Waals surface area contributed by atoms with Crippen LogP contribution in [0.25, 0.3) is 0 Å². The van der Waals surface area contributed by atoms with Crippen molar-refractivity contribution in [3.8, 4) is 0 Å². The van der Waals surface area contributed by atoms with Gasteiger partial charge in [0, 0.05) is 29.9 Å². The molecule has 3 N–H and O–H groups in total. The van der Waals surface area contributed by atoms with Gasteiger partial charge in [0.05, 0.1) is 0 Å². The average molecular weight is 291 g/mol. The first-order valence-corrected chi connectivity index (χ1v) is 8.16. The van der Waals surface area contributed by atoms with E-state index in [0.29, 0.717) is 12.0 Å². The van der Waals surface area contributed by atoms with Crippen molar-refractivity contribution in [2.75, 3.05) is 6.61 Å². The van der Waals surface area contributed by atoms with Crippen molar-refractivity contribution in [2.45, 2.75) is 37.8 Å². The number of imidazole rings is 1. The van der Waals surface area contributed by atoms with Gasteiger partial charge in [-0.15, -0.1) is 11.3 Å². The Kier molecular flexibility index (Phi) is 4.50. The molecule has 20 heavy (non-hydrogen) atoms. The molecule has 1 fully saturated rings. The molecule has 2 aromatic heterocycles. The van der Waals surface area contributed by atoms with E-state index in [9.17, 15) is 5.11 Å². The zero-order valence-electron chi connectivity index (χ0n) is 11.5. The Morgan fingerprint density at radius 2 is 2.45 bits per heavy atom. The van der Waals surface area contributed by atoms with Crippen molar-refractivity contribution < 1.29 is 5.11 Å². The van der Waals surface area contributed by atoms with E-state index in [1.807, 2.05) is 6.20 Å². The Morgan fingerprint density at radius 3 is 3.15 bits per heavy atom. The minimum absolute atomic E-state index is 0.134. The monoisotopic (exact) mass is 291 g/mol. The number of H-pyrrole nitrogens is 1. The van der Waals surface area contributed by atoms with E-state index in [1.54, 1.807) is 17.5 Å². The molecule has 0 aliphatic heterocycles. The van der Waals surface area contributed by atoms with Gasteiger partial charge in [-0.1, -0.05) is 12.5 Å². The van der Waals surface area contributed by atoms with E-state index in [-0.39, 0.29) is 12.6 Å². The predicted octanol–water partition coefficient (Wildman–Crippen LogP) is 2.70. The SMILES string of the molecule is OCCC1CCCC1NC(c1ncc[nH]1)c1cccs1. The highest BCUT2D eigenvalue weighted by Crippen LogP contribution is 2.32. The van der Waals surface area contributed by atoms with Gasteiger partial charge in [0.1, 0.15) is 11.9 Å². The Balaban J connectivity index is 1.77. The molecule has 108 valence electrons. The minimum atomic E-state index is 0.134. The van der Waals surface area contributed by atoms with E-state index in [2.05, 4.69) is 32.8 Å². The van der Waals surface area contributed by atoms with E-state index >= 15 is 0 Å². The van der Waals surface area contributed by atoms with Crippen LogP contribution in [0.4, 0.5) is 0 Å². The zero-order chi connectivity index (χ0) is 13.8. The van der Waals surface area contributed by atoms with Crippen LogP contribution in [0, 0.1) is 5.92 Å². The number of hydrogen-bond donors (Lipinski definition) is 3. The Labute approximate surface area is 123 Å². The summed E-state index contributed by atoms with van der Waals surface area (Å²) < 4.78 is 0. The fraction of sp³-hybridized carbons (Fsp3) is 0.533. The van der Waals surface area contributed by atoms with Gasteiger partial charge in [-0.3, -0.25) is 5.32 Å². The van der Waals surface area contributed by atoms with Gasteiger partial charge in [0.25, 0.3) is 0 Å². The molecule has 0 bridgehead atoms. The number of aliphatic hydroxyl groups is 1. The number of nitrogens with one attached hydrogen (secondary N) is 2. The van der Waals surface area contributed by atoms with Crippen molar-refractivity contribution in [1.82, 2.24) is 15.3 Å². The highest BCUT2D eigenvalue weighted by atomic mass is 32.1. The van der Waals surface area contributed by atoms with Gasteiger partial charge in [-0.05, 0) is 36.6 Å². The highest BCUT2D eigenvalue weighted by Gasteiger charge is 2.30. The number of rotatable bonds is 6. The maximum atomic E-state index is 9.20. The van der Waals surface area contributed by atoms with Gasteiger partial charge in [0.15, 0.2) is 0 Å². The third-order valence-electron chi connectivity index (χ3n) is 4.16. The van der Waals surface area contributed by atoms with Crippen molar-refractivity contribution in [3.05, 3.63) is 40.6 Å². The second-order valence-corrected chi connectivity index (χ2v) is 6.38. The number of hydrogen-bond acceptors (Lipinski definition) is 4. The van der Waals surface area contributed by atoms with E-state index in [1.165, 1.54) is 24.1 Å². The van der Waals surface area contributed by atoms with Gasteiger partial charge < -0.3 is 10.1 Å². The third-order valence-corrected chi connectivity index (χ3v) is 5.10. The summed E-state index contributed by atoms with van der Waals surface area (Å²) in [5, 5.41) is 15.1. The van der Waals surface area contributed by atoms with Crippen LogP contribution >= 0.6 is 11.3 Å². The molecular weight excluding hydrogens is 270 g/mol. The molecule has 1 saturated carbocycles. The quantitative estimate of drug-likeness (QED) is 0.767. The van der Waals surface area contributed by atoms with E-state index in [0.717, 1.165) is 12.2 Å². The molecule has 4 nitrogen and oxygen atoms in total. The zero-order valence-corrected chi connectivity index (χ0v) is 12.3. The topological polar surface area (TPSA) is 60.9 Å². The lowest BCUT2D eigenvalue weighted by atomic mass is 9.99. The number of aliphatic hydroxyl groups excluding tert-OH is 1. The van der Waals surface area contributed by atoms with Crippen LogP contribution in [-0.4, -0.2) is 27.7 Å². The summed E-state index contributed by atoms with van der Waals surface area (Å²) >= 11 is 1.76. The average Bonchev–Trinajstić information content (AvgIpc) is 3.20. The molecule has 0 aromatic carbocycles. The van der Waals surface area contributed by atoms with Gasteiger partial charge in [-0.25, -0.2) is 4.98 Å². The van der Waals surface area contributed by atoms with Crippen molar-refractivity contribution in [3.63, 3.8) is 0 Å². The van der Waals surface area contributed by atoms with Crippen LogP contribution in [0.1, 0.15) is 42.4 Å². The van der Waals surface area contributed by atoms with Crippen LogP contribution in [-0.2, 0) is 0 Å². The lowest BCUT2D eigenvalue weighted by molar-refractivity contribution is 0.238. The molecule has 3 atom stereocenters. The van der Waals surface area contributed by atoms with Gasteiger partial charge in [-0.2, -0.15) is 0 Å². The summed E-state index contributed by atoms with van der Waals surface area (Å²) in [7, 11) is 0. The summed E-state index contributed by atoms with van der Waals surface area (Å²) in [6.45, 7) is 0.285. The lowest BCUT2D eigenvalue weighted by Crippen LogP contribution is -2.36. The normalized spacial score (nSPS) is 24.1. The summed E-state index contributed by atoms with van der Waals surface area (Å²) in [6.07, 6.45) is 8.22. The molecule has 0 amide bonds. The van der Waals surface area contributed by atoms with E-state index < -0.39 is 0 Å². The van der Waals surface area contributed by atoms with Crippen molar-refractivity contribution >= 4 is 11.3 Å². The molecule has 2 aromatic rings. The summed E-state index contributed by atoms with van der Waals surface area (Å²) in [6, 6.07) is 4.84. The summed E-state index contributed by atoms with van der Waals surface area (Å²) in [5.41, 5.74) is 0. The molecule has 3 rings (SSSR count). The van der Waals surface area contributed by atoms with Gasteiger partial charge >= 0.3 is 0 Å². The van der Waals surface area contributed by atoms with Crippen LogP contribution in [0.2, 0.25) is 0 Å². The van der Waals surface area contributed by atoms with E-state index in [4.69, 9.17) is 0 Å². The smallest absolute Gasteiger partial charge is 0.128 e. The molecule has 0 radical (unpaired) electrons. The molecule has 0 saturated heterocycles. The second-order valence-electron chi connectivity index (χ2n) is 5.40. The summed E-state index contributed by atoms with van der Waals surface area (Å²) in [4.78, 5) is 8.94. The molecule has 5 heteroatoms. The lowest BCUT2D eigenvalue weighted by Gasteiger charge is -2.25. The van der Waals surface area contributed by atoms with Gasteiger partial charge in [0.2, 0.25) is 0 Å². The predicted molar refractivity (Wildman–Crippen MR) is 80.7 cm³/mol. The van der Waals surface area contributed by atoms with Crippen LogP contribution < -0.4 is 5.32 Å². The number of thiophene rings is 1. The molecule has 3 unspecified atom stereocenters. The van der Waals surface area contributed by atoms with Crippen LogP contribution in [0.3, 0.4) is 0 Å². The fourth-order valence-electron chi connectivity index (χ4n) is 3.17. The first kappa shape index (κ1) is 13.8. The second kappa shape index (κ2) is 6.52. The first-order chi connectivity index (χ1) is 9.88. The fourth-order valence-corrected chi connectivity index (χ4v) is 3.96. The third kappa shape index (κ3) is 2.95. The number of aromatic amines is 1. The van der Waals surface area contributed by atoms with Crippen molar-refractivity contribution in [1.29, 1.82) is 0 Å². The molecule has 1 aliphatic carbocycles. The van der Waals surface area contributed by atoms with Crippen LogP contribution in [0.5, 0.6) is 0 Å². The molecule has 1 aliphatic rings. The standard InChI is InChI=1S/C15H21N3OS/c19-9-6-11-3-1-4-12(11)18-14(13-5-2-10-20-13)15-16-7-8-17-15/h2,5,7-8,10-12,14,18-19H,1,3-4,6,9H2,(H,16,17).